The summed E-state index contributed by atoms with van der Waals surface area (Å²) in [5.41, 5.74) is 2.66. The second kappa shape index (κ2) is 10.1. The van der Waals surface area contributed by atoms with E-state index in [1.165, 1.54) is 12.3 Å². The third kappa shape index (κ3) is 5.28. The van der Waals surface area contributed by atoms with Crippen LogP contribution in [0.25, 0.3) is 11.0 Å². The Morgan fingerprint density at radius 1 is 1.09 bits per heavy atom. The van der Waals surface area contributed by atoms with Crippen LogP contribution in [-0.2, 0) is 4.79 Å². The number of allylic oxidation sites excluding steroid dienone is 1. The van der Waals surface area contributed by atoms with Crippen molar-refractivity contribution in [3.63, 3.8) is 0 Å². The zero-order valence-electron chi connectivity index (χ0n) is 19.7. The monoisotopic (exact) mass is 463 g/mol. The number of hydrogen-bond donors (Lipinski definition) is 0. The molecule has 1 fully saturated rings. The Bertz CT molecular complexity index is 1260. The van der Waals surface area contributed by atoms with Crippen molar-refractivity contribution in [3.8, 4) is 0 Å². The average Bonchev–Trinajstić information content (AvgIpc) is 3.34. The molecule has 0 atom stereocenters. The molecule has 1 aliphatic heterocycles. The SMILES string of the molecule is CC(C)=CCN(C(=O)CN1CCN(C(=O)c2ccco2)CC1)c1ccc2c(C)cc(=O)oc2c1. The molecular formula is C26H29N3O5. The first-order valence-electron chi connectivity index (χ1n) is 11.3. The van der Waals surface area contributed by atoms with Gasteiger partial charge in [-0.25, -0.2) is 4.79 Å². The van der Waals surface area contributed by atoms with Crippen LogP contribution >= 0.6 is 0 Å². The van der Waals surface area contributed by atoms with Gasteiger partial charge in [0.2, 0.25) is 5.91 Å². The molecule has 34 heavy (non-hydrogen) atoms. The van der Waals surface area contributed by atoms with E-state index >= 15 is 0 Å². The standard InChI is InChI=1S/C26H29N3O5/c1-18(2)8-9-29(20-6-7-21-19(3)15-25(31)34-23(21)16-20)24(30)17-27-10-12-28(13-11-27)26(32)22-5-4-14-33-22/h4-8,14-16H,9-13,17H2,1-3H3. The molecule has 8 nitrogen and oxygen atoms in total. The van der Waals surface area contributed by atoms with Crippen LogP contribution in [0.1, 0.15) is 30.0 Å². The van der Waals surface area contributed by atoms with E-state index < -0.39 is 5.63 Å². The van der Waals surface area contributed by atoms with Crippen molar-refractivity contribution < 1.29 is 18.4 Å². The number of nitrogens with zero attached hydrogens (tertiary/aromatic N) is 3. The summed E-state index contributed by atoms with van der Waals surface area (Å²) in [7, 11) is 0. The molecule has 0 aliphatic carbocycles. The Hall–Kier alpha value is -3.65. The molecule has 2 amide bonds. The van der Waals surface area contributed by atoms with Gasteiger partial charge in [-0.05, 0) is 50.6 Å². The number of carbonyl (C=O) groups is 2. The van der Waals surface area contributed by atoms with Gasteiger partial charge in [-0.1, -0.05) is 11.6 Å². The zero-order chi connectivity index (χ0) is 24.2. The Kier molecular flexibility index (Phi) is 6.98. The average molecular weight is 464 g/mol. The molecule has 8 heteroatoms. The van der Waals surface area contributed by atoms with Crippen LogP contribution in [-0.4, -0.2) is 60.9 Å². The summed E-state index contributed by atoms with van der Waals surface area (Å²) >= 11 is 0. The maximum atomic E-state index is 13.4. The molecule has 0 radical (unpaired) electrons. The molecule has 3 aromatic rings. The molecule has 0 spiro atoms. The first kappa shape index (κ1) is 23.5. The summed E-state index contributed by atoms with van der Waals surface area (Å²) < 4.78 is 10.6. The van der Waals surface area contributed by atoms with E-state index in [4.69, 9.17) is 8.83 Å². The van der Waals surface area contributed by atoms with Gasteiger partial charge < -0.3 is 18.6 Å². The summed E-state index contributed by atoms with van der Waals surface area (Å²) in [6, 6.07) is 10.3. The van der Waals surface area contributed by atoms with E-state index in [0.29, 0.717) is 49.8 Å². The highest BCUT2D eigenvalue weighted by atomic mass is 16.4. The third-order valence-electron chi connectivity index (χ3n) is 5.98. The second-order valence-electron chi connectivity index (χ2n) is 8.76. The number of amides is 2. The highest BCUT2D eigenvalue weighted by molar-refractivity contribution is 5.97. The van der Waals surface area contributed by atoms with Crippen molar-refractivity contribution in [2.45, 2.75) is 20.8 Å². The third-order valence-corrected chi connectivity index (χ3v) is 5.98. The van der Waals surface area contributed by atoms with Gasteiger partial charge in [0.05, 0.1) is 12.8 Å². The van der Waals surface area contributed by atoms with Crippen LogP contribution in [0.15, 0.2) is 67.9 Å². The summed E-state index contributed by atoms with van der Waals surface area (Å²) in [4.78, 5) is 43.2. The lowest BCUT2D eigenvalue weighted by atomic mass is 10.1. The second-order valence-corrected chi connectivity index (χ2v) is 8.76. The summed E-state index contributed by atoms with van der Waals surface area (Å²) in [6.07, 6.45) is 3.48. The van der Waals surface area contributed by atoms with Crippen LogP contribution in [0.4, 0.5) is 5.69 Å². The molecule has 0 bridgehead atoms. The fourth-order valence-corrected chi connectivity index (χ4v) is 4.05. The topological polar surface area (TPSA) is 87.2 Å². The quantitative estimate of drug-likeness (QED) is 0.411. The first-order valence-corrected chi connectivity index (χ1v) is 11.3. The van der Waals surface area contributed by atoms with Crippen LogP contribution < -0.4 is 10.5 Å². The molecule has 0 N–H and O–H groups in total. The number of fused-ring (bicyclic) bond motifs is 1. The minimum atomic E-state index is -0.411. The lowest BCUT2D eigenvalue weighted by Crippen LogP contribution is -2.51. The fraction of sp³-hybridized carbons (Fsp3) is 0.346. The van der Waals surface area contributed by atoms with Gasteiger partial charge in [-0.15, -0.1) is 0 Å². The molecular weight excluding hydrogens is 434 g/mol. The summed E-state index contributed by atoms with van der Waals surface area (Å²) in [5, 5.41) is 0.843. The van der Waals surface area contributed by atoms with E-state index in [0.717, 1.165) is 16.5 Å². The molecule has 2 aromatic heterocycles. The van der Waals surface area contributed by atoms with Crippen LogP contribution in [0.5, 0.6) is 0 Å². The molecule has 178 valence electrons. The summed E-state index contributed by atoms with van der Waals surface area (Å²) in [5.74, 6) is 0.141. The number of rotatable bonds is 6. The number of piperazine rings is 1. The number of aryl methyl sites for hydroxylation is 1. The van der Waals surface area contributed by atoms with Crippen LogP contribution in [0.2, 0.25) is 0 Å². The van der Waals surface area contributed by atoms with Gasteiger partial charge in [0.25, 0.3) is 5.91 Å². The fourth-order valence-electron chi connectivity index (χ4n) is 4.05. The largest absolute Gasteiger partial charge is 0.459 e. The molecule has 1 aromatic carbocycles. The maximum Gasteiger partial charge on any atom is 0.336 e. The van der Waals surface area contributed by atoms with Crippen LogP contribution in [0, 0.1) is 6.92 Å². The van der Waals surface area contributed by atoms with Crippen molar-refractivity contribution in [1.82, 2.24) is 9.80 Å². The van der Waals surface area contributed by atoms with E-state index in [1.54, 1.807) is 28.0 Å². The Balaban J connectivity index is 1.48. The molecule has 0 saturated carbocycles. The molecule has 4 rings (SSSR count). The summed E-state index contributed by atoms with van der Waals surface area (Å²) in [6.45, 7) is 8.74. The minimum Gasteiger partial charge on any atom is -0.459 e. The lowest BCUT2D eigenvalue weighted by molar-refractivity contribution is -0.120. The number of carbonyl (C=O) groups excluding carboxylic acids is 2. The first-order chi connectivity index (χ1) is 16.3. The van der Waals surface area contributed by atoms with E-state index in [2.05, 4.69) is 4.90 Å². The predicted molar refractivity (Wildman–Crippen MR) is 130 cm³/mol. The zero-order valence-corrected chi connectivity index (χ0v) is 19.7. The van der Waals surface area contributed by atoms with Crippen molar-refractivity contribution in [2.75, 3.05) is 44.2 Å². The lowest BCUT2D eigenvalue weighted by Gasteiger charge is -2.35. The van der Waals surface area contributed by atoms with Crippen molar-refractivity contribution in [1.29, 1.82) is 0 Å². The number of hydrogen-bond acceptors (Lipinski definition) is 6. The van der Waals surface area contributed by atoms with Gasteiger partial charge in [0.1, 0.15) is 5.58 Å². The van der Waals surface area contributed by atoms with Crippen molar-refractivity contribution in [2.24, 2.45) is 0 Å². The highest BCUT2D eigenvalue weighted by Gasteiger charge is 2.26. The number of furan rings is 1. The smallest absolute Gasteiger partial charge is 0.336 e. The Labute approximate surface area is 198 Å². The van der Waals surface area contributed by atoms with Crippen molar-refractivity contribution in [3.05, 3.63) is 76.1 Å². The van der Waals surface area contributed by atoms with Crippen LogP contribution in [0.3, 0.4) is 0 Å². The minimum absolute atomic E-state index is 0.0577. The highest BCUT2D eigenvalue weighted by Crippen LogP contribution is 2.24. The van der Waals surface area contributed by atoms with E-state index in [1.807, 2.05) is 39.0 Å². The molecule has 1 aliphatic rings. The van der Waals surface area contributed by atoms with Gasteiger partial charge in [0.15, 0.2) is 5.76 Å². The Morgan fingerprint density at radius 3 is 2.53 bits per heavy atom. The van der Waals surface area contributed by atoms with Gasteiger partial charge >= 0.3 is 5.63 Å². The Morgan fingerprint density at radius 2 is 1.85 bits per heavy atom. The predicted octanol–water partition coefficient (Wildman–Crippen LogP) is 3.45. The van der Waals surface area contributed by atoms with Gasteiger partial charge in [-0.3, -0.25) is 14.5 Å². The van der Waals surface area contributed by atoms with Gasteiger partial charge in [-0.2, -0.15) is 0 Å². The molecule has 1 saturated heterocycles. The normalized spacial score (nSPS) is 14.3. The van der Waals surface area contributed by atoms with Gasteiger partial charge in [0, 0.05) is 55.9 Å². The molecule has 0 unspecified atom stereocenters. The number of benzene rings is 1. The van der Waals surface area contributed by atoms with Crippen molar-refractivity contribution >= 4 is 28.5 Å². The number of anilines is 1. The van der Waals surface area contributed by atoms with E-state index in [9.17, 15) is 14.4 Å². The molecule has 3 heterocycles. The van der Waals surface area contributed by atoms with E-state index in [-0.39, 0.29) is 18.4 Å². The maximum absolute atomic E-state index is 13.4.